The molecule has 1 rings (SSSR count). The van der Waals surface area contributed by atoms with Crippen LogP contribution in [0, 0.1) is 0 Å². The Labute approximate surface area is 116 Å². The summed E-state index contributed by atoms with van der Waals surface area (Å²) in [7, 11) is 1.62. The van der Waals surface area contributed by atoms with Gasteiger partial charge in [0.25, 0.3) is 0 Å². The number of aliphatic carboxylic acids is 1. The van der Waals surface area contributed by atoms with Crippen molar-refractivity contribution >= 4 is 12.0 Å². The van der Waals surface area contributed by atoms with Crippen molar-refractivity contribution in [3.63, 3.8) is 0 Å². The maximum Gasteiger partial charge on any atom is 0.326 e. The Bertz CT molecular complexity index is 408. The van der Waals surface area contributed by atoms with Gasteiger partial charge in [0.1, 0.15) is 6.04 Å². The average Bonchev–Trinajstić information content (AvgIpc) is 2.90. The Balaban J connectivity index is 2.30. The zero-order valence-corrected chi connectivity index (χ0v) is 11.4. The minimum Gasteiger partial charge on any atom is -0.480 e. The number of imidazole rings is 1. The molecule has 0 aliphatic heterocycles. The molecule has 1 heterocycles. The molecule has 2 amide bonds. The van der Waals surface area contributed by atoms with Gasteiger partial charge >= 0.3 is 12.0 Å². The van der Waals surface area contributed by atoms with Crippen molar-refractivity contribution in [3.05, 3.63) is 18.2 Å². The van der Waals surface area contributed by atoms with Crippen molar-refractivity contribution in [2.24, 2.45) is 0 Å². The zero-order valence-electron chi connectivity index (χ0n) is 11.4. The quantitative estimate of drug-likeness (QED) is 0.481. The third-order valence-corrected chi connectivity index (χ3v) is 2.64. The molecule has 0 saturated heterocycles. The van der Waals surface area contributed by atoms with Crippen molar-refractivity contribution in [3.8, 4) is 0 Å². The third kappa shape index (κ3) is 6.19. The molecular weight excluding hydrogens is 264 g/mol. The highest BCUT2D eigenvalue weighted by Gasteiger charge is 2.20. The topological polar surface area (TPSA) is 116 Å². The second kappa shape index (κ2) is 8.92. The number of unbranched alkanes of at least 4 members (excludes halogenated alkanes) is 1. The highest BCUT2D eigenvalue weighted by molar-refractivity contribution is 5.82. The number of carboxylic acids is 1. The zero-order chi connectivity index (χ0) is 14.8. The molecule has 0 spiro atoms. The maximum absolute atomic E-state index is 11.6. The SMILES string of the molecule is COCCCCNC(=O)N[C@@H](Cc1cnc[nH]1)C(=O)O. The van der Waals surface area contributed by atoms with Gasteiger partial charge in [-0.2, -0.15) is 0 Å². The van der Waals surface area contributed by atoms with E-state index in [9.17, 15) is 9.59 Å². The summed E-state index contributed by atoms with van der Waals surface area (Å²) in [6.07, 6.45) is 4.77. The number of carbonyl (C=O) groups is 2. The van der Waals surface area contributed by atoms with Crippen LogP contribution < -0.4 is 10.6 Å². The van der Waals surface area contributed by atoms with Crippen molar-refractivity contribution in [2.45, 2.75) is 25.3 Å². The van der Waals surface area contributed by atoms with E-state index < -0.39 is 18.0 Å². The van der Waals surface area contributed by atoms with Crippen LogP contribution in [0.25, 0.3) is 0 Å². The fraction of sp³-hybridized carbons (Fsp3) is 0.583. The van der Waals surface area contributed by atoms with Gasteiger partial charge in [-0.25, -0.2) is 14.6 Å². The van der Waals surface area contributed by atoms with E-state index in [-0.39, 0.29) is 6.42 Å². The van der Waals surface area contributed by atoms with Gasteiger partial charge in [0.05, 0.1) is 6.33 Å². The Morgan fingerprint density at radius 1 is 1.50 bits per heavy atom. The van der Waals surface area contributed by atoms with E-state index in [1.807, 2.05) is 0 Å². The van der Waals surface area contributed by atoms with E-state index in [0.717, 1.165) is 12.8 Å². The molecule has 8 heteroatoms. The van der Waals surface area contributed by atoms with Crippen molar-refractivity contribution in [1.29, 1.82) is 0 Å². The molecule has 1 atom stereocenters. The summed E-state index contributed by atoms with van der Waals surface area (Å²) in [5.74, 6) is -1.09. The van der Waals surface area contributed by atoms with Crippen LogP contribution in [0.5, 0.6) is 0 Å². The van der Waals surface area contributed by atoms with Crippen LogP contribution in [0.15, 0.2) is 12.5 Å². The fourth-order valence-electron chi connectivity index (χ4n) is 1.60. The van der Waals surface area contributed by atoms with Gasteiger partial charge in [0, 0.05) is 38.6 Å². The number of ether oxygens (including phenoxy) is 1. The number of aromatic amines is 1. The van der Waals surface area contributed by atoms with Gasteiger partial charge in [-0.05, 0) is 12.8 Å². The summed E-state index contributed by atoms with van der Waals surface area (Å²) < 4.78 is 4.89. The van der Waals surface area contributed by atoms with Crippen molar-refractivity contribution in [1.82, 2.24) is 20.6 Å². The summed E-state index contributed by atoms with van der Waals surface area (Å²) in [6, 6.07) is -1.48. The monoisotopic (exact) mass is 284 g/mol. The summed E-state index contributed by atoms with van der Waals surface area (Å²) in [5, 5.41) is 14.1. The summed E-state index contributed by atoms with van der Waals surface area (Å²) in [5.41, 5.74) is 0.651. The van der Waals surface area contributed by atoms with Crippen LogP contribution >= 0.6 is 0 Å². The molecule has 0 unspecified atom stereocenters. The fourth-order valence-corrected chi connectivity index (χ4v) is 1.60. The molecule has 20 heavy (non-hydrogen) atoms. The Kier molecular flexibility index (Phi) is 7.12. The number of hydrogen-bond acceptors (Lipinski definition) is 4. The number of urea groups is 1. The number of rotatable bonds is 9. The van der Waals surface area contributed by atoms with E-state index >= 15 is 0 Å². The van der Waals surface area contributed by atoms with Crippen LogP contribution in [0.4, 0.5) is 4.79 Å². The van der Waals surface area contributed by atoms with Gasteiger partial charge in [-0.3, -0.25) is 0 Å². The van der Waals surface area contributed by atoms with Gasteiger partial charge < -0.3 is 25.5 Å². The van der Waals surface area contributed by atoms with Gasteiger partial charge in [-0.15, -0.1) is 0 Å². The molecule has 0 aliphatic rings. The van der Waals surface area contributed by atoms with Crippen LogP contribution in [-0.4, -0.2) is 53.4 Å². The van der Waals surface area contributed by atoms with Crippen molar-refractivity contribution in [2.75, 3.05) is 20.3 Å². The summed E-state index contributed by atoms with van der Waals surface area (Å²) in [6.45, 7) is 1.12. The lowest BCUT2D eigenvalue weighted by Gasteiger charge is -2.14. The molecule has 4 N–H and O–H groups in total. The Morgan fingerprint density at radius 3 is 2.90 bits per heavy atom. The van der Waals surface area contributed by atoms with E-state index in [2.05, 4.69) is 20.6 Å². The molecule has 1 aromatic heterocycles. The number of nitrogens with zero attached hydrogens (tertiary/aromatic N) is 1. The van der Waals surface area contributed by atoms with E-state index in [0.29, 0.717) is 18.8 Å². The first-order chi connectivity index (χ1) is 9.63. The number of nitrogens with one attached hydrogen (secondary N) is 3. The summed E-state index contributed by atoms with van der Waals surface area (Å²) >= 11 is 0. The second-order valence-corrected chi connectivity index (χ2v) is 4.27. The second-order valence-electron chi connectivity index (χ2n) is 4.27. The molecule has 112 valence electrons. The molecule has 0 radical (unpaired) electrons. The number of carboxylic acid groups (broad SMARTS) is 1. The Morgan fingerprint density at radius 2 is 2.30 bits per heavy atom. The van der Waals surface area contributed by atoms with E-state index in [1.54, 1.807) is 7.11 Å². The average molecular weight is 284 g/mol. The lowest BCUT2D eigenvalue weighted by atomic mass is 10.2. The lowest BCUT2D eigenvalue weighted by molar-refractivity contribution is -0.139. The first-order valence-electron chi connectivity index (χ1n) is 6.37. The first-order valence-corrected chi connectivity index (χ1v) is 6.37. The van der Waals surface area contributed by atoms with E-state index in [1.165, 1.54) is 12.5 Å². The standard InChI is InChI=1S/C12H20N4O4/c1-20-5-3-2-4-14-12(19)16-10(11(17)18)6-9-7-13-8-15-9/h7-8,10H,2-6H2,1H3,(H,13,15)(H,17,18)(H2,14,16,19)/t10-/m0/s1. The minimum atomic E-state index is -1.09. The number of aromatic nitrogens is 2. The highest BCUT2D eigenvalue weighted by Crippen LogP contribution is 1.98. The van der Waals surface area contributed by atoms with Crippen LogP contribution in [0.2, 0.25) is 0 Å². The largest absolute Gasteiger partial charge is 0.480 e. The molecule has 0 fully saturated rings. The molecular formula is C12H20N4O4. The maximum atomic E-state index is 11.6. The number of methoxy groups -OCH3 is 1. The van der Waals surface area contributed by atoms with Crippen LogP contribution in [0.3, 0.4) is 0 Å². The van der Waals surface area contributed by atoms with Crippen LogP contribution in [0.1, 0.15) is 18.5 Å². The first kappa shape index (κ1) is 16.0. The number of hydrogen-bond donors (Lipinski definition) is 4. The smallest absolute Gasteiger partial charge is 0.326 e. The van der Waals surface area contributed by atoms with E-state index in [4.69, 9.17) is 9.84 Å². The highest BCUT2D eigenvalue weighted by atomic mass is 16.5. The molecule has 0 bridgehead atoms. The Hall–Kier alpha value is -2.09. The van der Waals surface area contributed by atoms with Crippen LogP contribution in [-0.2, 0) is 16.0 Å². The lowest BCUT2D eigenvalue weighted by Crippen LogP contribution is -2.47. The van der Waals surface area contributed by atoms with Crippen molar-refractivity contribution < 1.29 is 19.4 Å². The third-order valence-electron chi connectivity index (χ3n) is 2.64. The van der Waals surface area contributed by atoms with Gasteiger partial charge in [-0.1, -0.05) is 0 Å². The number of H-pyrrole nitrogens is 1. The number of carbonyl (C=O) groups excluding carboxylic acids is 1. The predicted molar refractivity (Wildman–Crippen MR) is 71.4 cm³/mol. The van der Waals surface area contributed by atoms with Gasteiger partial charge in [0.2, 0.25) is 0 Å². The van der Waals surface area contributed by atoms with Gasteiger partial charge in [0.15, 0.2) is 0 Å². The number of amides is 2. The molecule has 0 saturated carbocycles. The molecule has 0 aliphatic carbocycles. The normalized spacial score (nSPS) is 11.8. The molecule has 1 aromatic rings. The summed E-state index contributed by atoms with van der Waals surface area (Å²) in [4.78, 5) is 29.3. The predicted octanol–water partition coefficient (Wildman–Crippen LogP) is 0.131. The molecule has 0 aromatic carbocycles. The molecule has 8 nitrogen and oxygen atoms in total. The minimum absolute atomic E-state index is 0.159.